The second-order valence-electron chi connectivity index (χ2n) is 5.57. The fourth-order valence-corrected chi connectivity index (χ4v) is 2.88. The summed E-state index contributed by atoms with van der Waals surface area (Å²) in [6.07, 6.45) is 4.85. The molecule has 0 amide bonds. The minimum atomic E-state index is 0.203. The van der Waals surface area contributed by atoms with Crippen molar-refractivity contribution in [1.29, 1.82) is 0 Å². The van der Waals surface area contributed by atoms with Crippen molar-refractivity contribution < 1.29 is 10.2 Å². The van der Waals surface area contributed by atoms with Gasteiger partial charge >= 0.3 is 0 Å². The molecule has 1 aromatic heterocycles. The highest BCUT2D eigenvalue weighted by atomic mass is 16.3. The molecule has 0 fully saturated rings. The fraction of sp³-hybridized carbons (Fsp3) is 0. The van der Waals surface area contributed by atoms with Crippen LogP contribution in [0.2, 0.25) is 0 Å². The summed E-state index contributed by atoms with van der Waals surface area (Å²) < 4.78 is 0. The summed E-state index contributed by atoms with van der Waals surface area (Å²) in [5, 5.41) is 21.7. The van der Waals surface area contributed by atoms with E-state index in [0.29, 0.717) is 0 Å². The number of benzene rings is 3. The van der Waals surface area contributed by atoms with Crippen molar-refractivity contribution in [1.82, 2.24) is 9.97 Å². The molecule has 4 aromatic rings. The molecule has 3 aromatic carbocycles. The second-order valence-corrected chi connectivity index (χ2v) is 5.57. The van der Waals surface area contributed by atoms with Crippen molar-refractivity contribution in [2.24, 2.45) is 0 Å². The third-order valence-corrected chi connectivity index (χ3v) is 4.05. The number of aromatic nitrogens is 2. The lowest BCUT2D eigenvalue weighted by Crippen LogP contribution is -1.86. The average molecular weight is 314 g/mol. The zero-order chi connectivity index (χ0) is 16.5. The Labute approximate surface area is 138 Å². The zero-order valence-corrected chi connectivity index (χ0v) is 12.7. The van der Waals surface area contributed by atoms with Crippen molar-refractivity contribution in [3.05, 3.63) is 73.3 Å². The molecule has 24 heavy (non-hydrogen) atoms. The number of phenols is 2. The molecule has 0 saturated heterocycles. The molecule has 0 saturated carbocycles. The van der Waals surface area contributed by atoms with Gasteiger partial charge in [-0.15, -0.1) is 0 Å². The molecule has 0 spiro atoms. The highest BCUT2D eigenvalue weighted by molar-refractivity contribution is 6.01. The molecule has 1 heterocycles. The van der Waals surface area contributed by atoms with Crippen molar-refractivity contribution in [3.8, 4) is 33.8 Å². The molecular weight excluding hydrogens is 300 g/mol. The molecule has 2 N–H and O–H groups in total. The molecule has 116 valence electrons. The minimum Gasteiger partial charge on any atom is -0.508 e. The average Bonchev–Trinajstić information content (AvgIpc) is 2.63. The molecule has 4 rings (SSSR count). The van der Waals surface area contributed by atoms with Gasteiger partial charge in [0.15, 0.2) is 0 Å². The van der Waals surface area contributed by atoms with Gasteiger partial charge in [-0.05, 0) is 46.2 Å². The first kappa shape index (κ1) is 14.2. The Morgan fingerprint density at radius 1 is 0.667 bits per heavy atom. The second kappa shape index (κ2) is 5.66. The standard InChI is InChI=1S/C20H14N2O2/c23-17-5-1-13(2-6-17)14-3-7-18-15(9-14)4-8-19(24)20(18)16-10-21-12-22-11-16/h1-12,23-24H. The Bertz CT molecular complexity index is 1010. The first-order chi connectivity index (χ1) is 11.7. The summed E-state index contributed by atoms with van der Waals surface area (Å²) in [6, 6.07) is 16.7. The maximum Gasteiger partial charge on any atom is 0.124 e. The number of hydrogen-bond donors (Lipinski definition) is 2. The van der Waals surface area contributed by atoms with E-state index in [-0.39, 0.29) is 11.5 Å². The topological polar surface area (TPSA) is 66.2 Å². The molecule has 0 aliphatic heterocycles. The van der Waals surface area contributed by atoms with Crippen LogP contribution in [0.3, 0.4) is 0 Å². The summed E-state index contributed by atoms with van der Waals surface area (Å²) in [6.45, 7) is 0. The summed E-state index contributed by atoms with van der Waals surface area (Å²) in [5.41, 5.74) is 3.57. The van der Waals surface area contributed by atoms with Gasteiger partial charge in [-0.25, -0.2) is 9.97 Å². The lowest BCUT2D eigenvalue weighted by Gasteiger charge is -2.10. The van der Waals surface area contributed by atoms with Gasteiger partial charge < -0.3 is 10.2 Å². The molecule has 4 nitrogen and oxygen atoms in total. The van der Waals surface area contributed by atoms with Crippen LogP contribution < -0.4 is 0 Å². The van der Waals surface area contributed by atoms with Gasteiger partial charge in [0.2, 0.25) is 0 Å². The van der Waals surface area contributed by atoms with Crippen LogP contribution in [-0.2, 0) is 0 Å². The maximum absolute atomic E-state index is 10.3. The van der Waals surface area contributed by atoms with Gasteiger partial charge in [0.1, 0.15) is 17.8 Å². The zero-order valence-electron chi connectivity index (χ0n) is 12.7. The van der Waals surface area contributed by atoms with Gasteiger partial charge in [-0.1, -0.05) is 30.3 Å². The molecule has 0 bridgehead atoms. The molecule has 4 heteroatoms. The van der Waals surface area contributed by atoms with Crippen LogP contribution in [0, 0.1) is 0 Å². The first-order valence-corrected chi connectivity index (χ1v) is 7.53. The summed E-state index contributed by atoms with van der Waals surface area (Å²) in [4.78, 5) is 8.07. The van der Waals surface area contributed by atoms with E-state index < -0.39 is 0 Å². The summed E-state index contributed by atoms with van der Waals surface area (Å²) in [7, 11) is 0. The van der Waals surface area contributed by atoms with Crippen molar-refractivity contribution in [2.45, 2.75) is 0 Å². The maximum atomic E-state index is 10.3. The van der Waals surface area contributed by atoms with Crippen LogP contribution in [0.25, 0.3) is 33.0 Å². The SMILES string of the molecule is Oc1ccc(-c2ccc3c(-c4cncnc4)c(O)ccc3c2)cc1. The van der Waals surface area contributed by atoms with Crippen molar-refractivity contribution in [3.63, 3.8) is 0 Å². The monoisotopic (exact) mass is 314 g/mol. The van der Waals surface area contributed by atoms with Gasteiger partial charge in [-0.2, -0.15) is 0 Å². The van der Waals surface area contributed by atoms with Gasteiger partial charge in [0.25, 0.3) is 0 Å². The predicted molar refractivity (Wildman–Crippen MR) is 93.7 cm³/mol. The predicted octanol–water partition coefficient (Wildman–Crippen LogP) is 4.38. The number of fused-ring (bicyclic) bond motifs is 1. The smallest absolute Gasteiger partial charge is 0.124 e. The third-order valence-electron chi connectivity index (χ3n) is 4.05. The number of nitrogens with zero attached hydrogens (tertiary/aromatic N) is 2. The summed E-state index contributed by atoms with van der Waals surface area (Å²) in [5.74, 6) is 0.450. The lowest BCUT2D eigenvalue weighted by atomic mass is 9.95. The van der Waals surface area contributed by atoms with Crippen LogP contribution in [0.5, 0.6) is 11.5 Å². The Morgan fingerprint density at radius 2 is 1.38 bits per heavy atom. The molecule has 0 aliphatic rings. The Morgan fingerprint density at radius 3 is 2.12 bits per heavy atom. The molecule has 0 atom stereocenters. The van der Waals surface area contributed by atoms with E-state index in [2.05, 4.69) is 16.0 Å². The Balaban J connectivity index is 1.90. The lowest BCUT2D eigenvalue weighted by molar-refractivity contribution is 0.475. The quantitative estimate of drug-likeness (QED) is 0.576. The molecular formula is C20H14N2O2. The molecule has 0 radical (unpaired) electrons. The van der Waals surface area contributed by atoms with E-state index in [1.54, 1.807) is 30.6 Å². The van der Waals surface area contributed by atoms with E-state index in [1.165, 1.54) is 6.33 Å². The highest BCUT2D eigenvalue weighted by Crippen LogP contribution is 2.37. The van der Waals surface area contributed by atoms with Crippen LogP contribution in [-0.4, -0.2) is 20.2 Å². The van der Waals surface area contributed by atoms with Crippen molar-refractivity contribution in [2.75, 3.05) is 0 Å². The number of phenolic OH excluding ortho intramolecular Hbond substituents is 2. The van der Waals surface area contributed by atoms with E-state index in [9.17, 15) is 10.2 Å². The Hall–Kier alpha value is -3.40. The number of rotatable bonds is 2. The third kappa shape index (κ3) is 2.44. The Kier molecular flexibility index (Phi) is 3.35. The van der Waals surface area contributed by atoms with Crippen LogP contribution in [0.1, 0.15) is 0 Å². The minimum absolute atomic E-state index is 0.203. The molecule has 0 unspecified atom stereocenters. The van der Waals surface area contributed by atoms with Crippen LogP contribution in [0.15, 0.2) is 73.3 Å². The van der Waals surface area contributed by atoms with Gasteiger partial charge in [-0.3, -0.25) is 0 Å². The van der Waals surface area contributed by atoms with E-state index in [0.717, 1.165) is 33.0 Å². The van der Waals surface area contributed by atoms with E-state index in [4.69, 9.17) is 0 Å². The first-order valence-electron chi connectivity index (χ1n) is 7.53. The van der Waals surface area contributed by atoms with Crippen LogP contribution in [0.4, 0.5) is 0 Å². The fourth-order valence-electron chi connectivity index (χ4n) is 2.88. The van der Waals surface area contributed by atoms with E-state index >= 15 is 0 Å². The van der Waals surface area contributed by atoms with E-state index in [1.807, 2.05) is 30.3 Å². The van der Waals surface area contributed by atoms with Crippen molar-refractivity contribution >= 4 is 10.8 Å². The molecule has 0 aliphatic carbocycles. The van der Waals surface area contributed by atoms with Gasteiger partial charge in [0, 0.05) is 23.5 Å². The number of aromatic hydroxyl groups is 2. The largest absolute Gasteiger partial charge is 0.508 e. The normalized spacial score (nSPS) is 10.8. The number of hydrogen-bond acceptors (Lipinski definition) is 4. The van der Waals surface area contributed by atoms with Crippen LogP contribution >= 0.6 is 0 Å². The van der Waals surface area contributed by atoms with Gasteiger partial charge in [0.05, 0.1) is 0 Å². The summed E-state index contributed by atoms with van der Waals surface area (Å²) >= 11 is 0. The highest BCUT2D eigenvalue weighted by Gasteiger charge is 2.11.